The van der Waals surface area contributed by atoms with Crippen LogP contribution in [0.2, 0.25) is 0 Å². The highest BCUT2D eigenvalue weighted by Crippen LogP contribution is 2.06. The maximum atomic E-state index is 10.7. The SMILES string of the molecule is CCN(CC(N)=O)CC1CCCN1. The van der Waals surface area contributed by atoms with Crippen molar-refractivity contribution in [1.29, 1.82) is 0 Å². The zero-order valence-corrected chi connectivity index (χ0v) is 8.25. The molecule has 1 aliphatic rings. The second-order valence-corrected chi connectivity index (χ2v) is 3.59. The van der Waals surface area contributed by atoms with Crippen LogP contribution in [0, 0.1) is 0 Å². The van der Waals surface area contributed by atoms with Gasteiger partial charge < -0.3 is 11.1 Å². The second kappa shape index (κ2) is 5.19. The molecule has 0 aromatic rings. The summed E-state index contributed by atoms with van der Waals surface area (Å²) in [6.45, 7) is 5.38. The van der Waals surface area contributed by atoms with Crippen molar-refractivity contribution < 1.29 is 4.79 Å². The summed E-state index contributed by atoms with van der Waals surface area (Å²) in [4.78, 5) is 12.8. The van der Waals surface area contributed by atoms with Crippen molar-refractivity contribution in [3.8, 4) is 0 Å². The Kier molecular flexibility index (Phi) is 4.18. The van der Waals surface area contributed by atoms with Gasteiger partial charge in [0.05, 0.1) is 6.54 Å². The molecular formula is C9H19N3O. The molecule has 1 amide bonds. The highest BCUT2D eigenvalue weighted by molar-refractivity contribution is 5.75. The van der Waals surface area contributed by atoms with Crippen molar-refractivity contribution in [3.05, 3.63) is 0 Å². The first-order valence-electron chi connectivity index (χ1n) is 4.96. The lowest BCUT2D eigenvalue weighted by atomic mass is 10.2. The first-order valence-corrected chi connectivity index (χ1v) is 4.96. The van der Waals surface area contributed by atoms with Crippen molar-refractivity contribution in [2.75, 3.05) is 26.2 Å². The lowest BCUT2D eigenvalue weighted by molar-refractivity contribution is -0.119. The van der Waals surface area contributed by atoms with Crippen LogP contribution in [-0.2, 0) is 4.79 Å². The molecule has 0 aliphatic carbocycles. The monoisotopic (exact) mass is 185 g/mol. The Hall–Kier alpha value is -0.610. The van der Waals surface area contributed by atoms with Crippen LogP contribution < -0.4 is 11.1 Å². The molecule has 0 aromatic carbocycles. The van der Waals surface area contributed by atoms with Crippen LogP contribution >= 0.6 is 0 Å². The minimum atomic E-state index is -0.236. The van der Waals surface area contributed by atoms with Gasteiger partial charge in [-0.3, -0.25) is 9.69 Å². The third kappa shape index (κ3) is 3.74. The summed E-state index contributed by atoms with van der Waals surface area (Å²) >= 11 is 0. The number of nitrogens with one attached hydrogen (secondary N) is 1. The third-order valence-corrected chi connectivity index (χ3v) is 2.47. The number of hydrogen-bond donors (Lipinski definition) is 2. The zero-order valence-electron chi connectivity index (χ0n) is 8.25. The number of primary amides is 1. The fourth-order valence-corrected chi connectivity index (χ4v) is 1.75. The smallest absolute Gasteiger partial charge is 0.231 e. The standard InChI is InChI=1S/C9H19N3O/c1-2-12(7-9(10)13)6-8-4-3-5-11-8/h8,11H,2-7H2,1H3,(H2,10,13). The minimum absolute atomic E-state index is 0.236. The molecule has 1 fully saturated rings. The van der Waals surface area contributed by atoms with Crippen molar-refractivity contribution in [1.82, 2.24) is 10.2 Å². The number of amides is 1. The van der Waals surface area contributed by atoms with Crippen LogP contribution in [-0.4, -0.2) is 43.0 Å². The van der Waals surface area contributed by atoms with Crippen molar-refractivity contribution in [3.63, 3.8) is 0 Å². The molecule has 4 heteroatoms. The molecule has 0 saturated carbocycles. The van der Waals surface area contributed by atoms with Crippen LogP contribution in [0.15, 0.2) is 0 Å². The molecule has 1 saturated heterocycles. The number of carbonyl (C=O) groups excluding carboxylic acids is 1. The molecule has 1 rings (SSSR count). The highest BCUT2D eigenvalue weighted by Gasteiger charge is 2.17. The van der Waals surface area contributed by atoms with E-state index in [1.165, 1.54) is 12.8 Å². The second-order valence-electron chi connectivity index (χ2n) is 3.59. The van der Waals surface area contributed by atoms with Gasteiger partial charge in [-0.2, -0.15) is 0 Å². The lowest BCUT2D eigenvalue weighted by Crippen LogP contribution is -2.41. The van der Waals surface area contributed by atoms with E-state index in [-0.39, 0.29) is 5.91 Å². The summed E-state index contributed by atoms with van der Waals surface area (Å²) in [5, 5.41) is 3.40. The Bertz CT molecular complexity index is 166. The van der Waals surface area contributed by atoms with Crippen molar-refractivity contribution in [2.24, 2.45) is 5.73 Å². The van der Waals surface area contributed by atoms with E-state index in [0.29, 0.717) is 12.6 Å². The number of likely N-dealkylation sites (N-methyl/N-ethyl adjacent to an activating group) is 1. The molecule has 1 unspecified atom stereocenters. The molecule has 1 heterocycles. The van der Waals surface area contributed by atoms with Gasteiger partial charge in [0.25, 0.3) is 0 Å². The maximum Gasteiger partial charge on any atom is 0.231 e. The van der Waals surface area contributed by atoms with Gasteiger partial charge >= 0.3 is 0 Å². The average Bonchev–Trinajstić information content (AvgIpc) is 2.55. The lowest BCUT2D eigenvalue weighted by Gasteiger charge is -2.22. The third-order valence-electron chi connectivity index (χ3n) is 2.47. The summed E-state index contributed by atoms with van der Waals surface area (Å²) < 4.78 is 0. The molecule has 1 atom stereocenters. The fraction of sp³-hybridized carbons (Fsp3) is 0.889. The molecule has 3 N–H and O–H groups in total. The molecule has 0 bridgehead atoms. The van der Waals surface area contributed by atoms with E-state index in [0.717, 1.165) is 19.6 Å². The Morgan fingerprint density at radius 2 is 2.46 bits per heavy atom. The number of hydrogen-bond acceptors (Lipinski definition) is 3. The van der Waals surface area contributed by atoms with Crippen LogP contribution in [0.4, 0.5) is 0 Å². The first-order chi connectivity index (χ1) is 6.22. The number of carbonyl (C=O) groups is 1. The van der Waals surface area contributed by atoms with Crippen molar-refractivity contribution >= 4 is 5.91 Å². The normalized spacial score (nSPS) is 22.5. The molecule has 4 nitrogen and oxygen atoms in total. The summed E-state index contributed by atoms with van der Waals surface area (Å²) in [7, 11) is 0. The molecule has 0 radical (unpaired) electrons. The van der Waals surface area contributed by atoms with Gasteiger partial charge in [-0.1, -0.05) is 6.92 Å². The van der Waals surface area contributed by atoms with Crippen LogP contribution in [0.3, 0.4) is 0 Å². The molecular weight excluding hydrogens is 166 g/mol. The molecule has 76 valence electrons. The van der Waals surface area contributed by atoms with Gasteiger partial charge in [-0.15, -0.1) is 0 Å². The zero-order chi connectivity index (χ0) is 9.68. The number of nitrogens with zero attached hydrogens (tertiary/aromatic N) is 1. The van der Waals surface area contributed by atoms with E-state index < -0.39 is 0 Å². The predicted molar refractivity (Wildman–Crippen MR) is 52.3 cm³/mol. The van der Waals surface area contributed by atoms with Crippen LogP contribution in [0.5, 0.6) is 0 Å². The molecule has 0 aromatic heterocycles. The Morgan fingerprint density at radius 1 is 1.69 bits per heavy atom. The molecule has 1 aliphatic heterocycles. The fourth-order valence-electron chi connectivity index (χ4n) is 1.75. The molecule has 0 spiro atoms. The quantitative estimate of drug-likeness (QED) is 0.609. The number of nitrogens with two attached hydrogens (primary N) is 1. The van der Waals surface area contributed by atoms with Gasteiger partial charge in [-0.25, -0.2) is 0 Å². The topological polar surface area (TPSA) is 58.4 Å². The van der Waals surface area contributed by atoms with E-state index in [2.05, 4.69) is 17.1 Å². The van der Waals surface area contributed by atoms with Crippen molar-refractivity contribution in [2.45, 2.75) is 25.8 Å². The van der Waals surface area contributed by atoms with E-state index in [4.69, 9.17) is 5.73 Å². The Morgan fingerprint density at radius 3 is 2.92 bits per heavy atom. The summed E-state index contributed by atoms with van der Waals surface area (Å²) in [6.07, 6.45) is 2.47. The van der Waals surface area contributed by atoms with Gasteiger partial charge in [0.15, 0.2) is 0 Å². The number of rotatable bonds is 5. The summed E-state index contributed by atoms with van der Waals surface area (Å²) in [5.41, 5.74) is 5.14. The van der Waals surface area contributed by atoms with Gasteiger partial charge in [-0.05, 0) is 25.9 Å². The van der Waals surface area contributed by atoms with E-state index in [9.17, 15) is 4.79 Å². The predicted octanol–water partition coefficient (Wildman–Crippen LogP) is -0.454. The van der Waals surface area contributed by atoms with E-state index in [1.807, 2.05) is 0 Å². The Labute approximate surface area is 79.5 Å². The van der Waals surface area contributed by atoms with Gasteiger partial charge in [0, 0.05) is 12.6 Å². The minimum Gasteiger partial charge on any atom is -0.369 e. The Balaban J connectivity index is 2.25. The van der Waals surface area contributed by atoms with E-state index >= 15 is 0 Å². The first kappa shape index (κ1) is 10.5. The maximum absolute atomic E-state index is 10.7. The van der Waals surface area contributed by atoms with E-state index in [1.54, 1.807) is 0 Å². The summed E-state index contributed by atoms with van der Waals surface area (Å²) in [6, 6.07) is 0.555. The highest BCUT2D eigenvalue weighted by atomic mass is 16.1. The molecule has 13 heavy (non-hydrogen) atoms. The van der Waals surface area contributed by atoms with Crippen LogP contribution in [0.25, 0.3) is 0 Å². The van der Waals surface area contributed by atoms with Crippen LogP contribution in [0.1, 0.15) is 19.8 Å². The van der Waals surface area contributed by atoms with Gasteiger partial charge in [0.1, 0.15) is 0 Å². The average molecular weight is 185 g/mol. The van der Waals surface area contributed by atoms with Gasteiger partial charge in [0.2, 0.25) is 5.91 Å². The largest absolute Gasteiger partial charge is 0.369 e. The summed E-state index contributed by atoms with van der Waals surface area (Å²) in [5.74, 6) is -0.236.